The number of hydrogen-bond acceptors (Lipinski definition) is 13. The van der Waals surface area contributed by atoms with E-state index in [2.05, 4.69) is 30.0 Å². The zero-order chi connectivity index (χ0) is 43.3. The monoisotopic (exact) mass is 856 g/mol. The summed E-state index contributed by atoms with van der Waals surface area (Å²) in [6.45, 7) is 6.38. The third-order valence-corrected chi connectivity index (χ3v) is 12.5. The Labute approximate surface area is 357 Å². The molecule has 18 heteroatoms. The van der Waals surface area contributed by atoms with Gasteiger partial charge in [0.1, 0.15) is 35.4 Å². The summed E-state index contributed by atoms with van der Waals surface area (Å²) in [7, 11) is 3.65. The van der Waals surface area contributed by atoms with Gasteiger partial charge in [-0.1, -0.05) is 13.8 Å². The Morgan fingerprint density at radius 3 is 2.57 bits per heavy atom. The van der Waals surface area contributed by atoms with Crippen molar-refractivity contribution in [3.8, 4) is 23.4 Å². The lowest BCUT2D eigenvalue weighted by molar-refractivity contribution is -0.108. The van der Waals surface area contributed by atoms with Crippen LogP contribution < -0.4 is 24.4 Å². The number of anilines is 2. The van der Waals surface area contributed by atoms with Gasteiger partial charge in [0.05, 0.1) is 28.4 Å². The number of carbonyl (C=O) groups is 2. The highest BCUT2D eigenvalue weighted by Gasteiger charge is 2.37. The normalized spacial score (nSPS) is 17.9. The fourth-order valence-electron chi connectivity index (χ4n) is 8.12. The van der Waals surface area contributed by atoms with Crippen LogP contribution in [0.4, 0.5) is 25.1 Å². The largest absolute Gasteiger partial charge is 0.473 e. The molecule has 1 aliphatic heterocycles. The van der Waals surface area contributed by atoms with Gasteiger partial charge in [-0.05, 0) is 99.9 Å². The first kappa shape index (κ1) is 43.5. The third kappa shape index (κ3) is 9.65. The predicted molar refractivity (Wildman–Crippen MR) is 229 cm³/mol. The molecule has 1 saturated heterocycles. The second kappa shape index (κ2) is 19.0. The van der Waals surface area contributed by atoms with Gasteiger partial charge in [-0.25, -0.2) is 27.8 Å². The smallest absolute Gasteiger partial charge is 0.329 e. The topological polar surface area (TPSA) is 174 Å². The molecule has 15 nitrogen and oxygen atoms in total. The average Bonchev–Trinajstić information content (AvgIpc) is 3.58. The zero-order valence-electron chi connectivity index (χ0n) is 34.7. The van der Waals surface area contributed by atoms with Gasteiger partial charge >= 0.3 is 6.03 Å². The zero-order valence-corrected chi connectivity index (χ0v) is 35.5. The molecule has 0 bridgehead atoms. The highest BCUT2D eigenvalue weighted by molar-refractivity contribution is 7.98. The van der Waals surface area contributed by atoms with Gasteiger partial charge in [-0.15, -0.1) is 0 Å². The molecule has 1 saturated carbocycles. The van der Waals surface area contributed by atoms with Crippen molar-refractivity contribution < 1.29 is 33.0 Å². The van der Waals surface area contributed by atoms with Gasteiger partial charge in [0.25, 0.3) is 0 Å². The number of carbonyl (C=O) groups excluding carboxylic acids is 2. The molecule has 2 fully saturated rings. The van der Waals surface area contributed by atoms with Crippen molar-refractivity contribution in [2.24, 2.45) is 7.05 Å². The van der Waals surface area contributed by atoms with E-state index in [1.807, 2.05) is 37.3 Å². The number of likely N-dealkylation sites (tertiary alicyclic amines) is 1. The standard InChI is InChI=1S/C43H50F2N10O5S/c1-5-17-55(42(57)48-26-56)41-31-21-34(45)30(22-38(31)53(4)50-41)27-7-9-28(10-8-27)54-18-15-43(58,16-19-54)25-59-39-24-47-36-13-11-29(20-37(36)49-39)60-40-32(23-46)35(14-12-33(40)44)51-61-52(3)6-2/h11-14,20-22,24,26-28,51,58H,5-10,15-19,25H2,1-4H3,(H,48,56,57). The Morgan fingerprint density at radius 1 is 1.10 bits per heavy atom. The molecule has 3 aromatic carbocycles. The number of benzene rings is 3. The molecule has 2 aromatic heterocycles. The molecule has 322 valence electrons. The maximum absolute atomic E-state index is 15.8. The first-order valence-corrected chi connectivity index (χ1v) is 21.3. The summed E-state index contributed by atoms with van der Waals surface area (Å²) < 4.78 is 49.3. The quantitative estimate of drug-likeness (QED) is 0.0703. The fraction of sp³-hybridized carbons (Fsp3) is 0.442. The molecule has 0 atom stereocenters. The maximum Gasteiger partial charge on any atom is 0.329 e. The number of imide groups is 1. The van der Waals surface area contributed by atoms with Crippen LogP contribution in [0.1, 0.15) is 75.8 Å². The number of rotatable bonds is 15. The summed E-state index contributed by atoms with van der Waals surface area (Å²) >= 11 is 1.28. The summed E-state index contributed by atoms with van der Waals surface area (Å²) in [6.07, 6.45) is 6.88. The second-order valence-corrected chi connectivity index (χ2v) is 16.6. The number of aryl methyl sites for hydroxylation is 1. The van der Waals surface area contributed by atoms with Gasteiger partial charge in [0.2, 0.25) is 12.3 Å². The summed E-state index contributed by atoms with van der Waals surface area (Å²) in [6, 6.07) is 12.7. The van der Waals surface area contributed by atoms with Crippen LogP contribution in [0.25, 0.3) is 21.9 Å². The lowest BCUT2D eigenvalue weighted by Crippen LogP contribution is -2.51. The van der Waals surface area contributed by atoms with Crippen LogP contribution in [0.5, 0.6) is 17.4 Å². The van der Waals surface area contributed by atoms with Gasteiger partial charge < -0.3 is 24.2 Å². The Morgan fingerprint density at radius 2 is 1.87 bits per heavy atom. The van der Waals surface area contributed by atoms with Crippen molar-refractivity contribution in [3.05, 3.63) is 71.4 Å². The number of aromatic nitrogens is 4. The van der Waals surface area contributed by atoms with Crippen LogP contribution in [0.2, 0.25) is 0 Å². The van der Waals surface area contributed by atoms with E-state index >= 15 is 4.39 Å². The van der Waals surface area contributed by atoms with Gasteiger partial charge in [0.15, 0.2) is 17.4 Å². The van der Waals surface area contributed by atoms with E-state index in [1.165, 1.54) is 41.4 Å². The third-order valence-electron chi connectivity index (χ3n) is 11.6. The van der Waals surface area contributed by atoms with Crippen LogP contribution in [0, 0.1) is 23.0 Å². The van der Waals surface area contributed by atoms with Crippen molar-refractivity contribution in [1.82, 2.24) is 34.3 Å². The van der Waals surface area contributed by atoms with E-state index in [0.717, 1.165) is 32.2 Å². The Bertz CT molecular complexity index is 2430. The molecule has 3 heterocycles. The first-order valence-electron chi connectivity index (χ1n) is 20.5. The molecule has 2 aliphatic rings. The molecular weight excluding hydrogens is 807 g/mol. The fourth-order valence-corrected chi connectivity index (χ4v) is 8.68. The molecule has 0 spiro atoms. The summed E-state index contributed by atoms with van der Waals surface area (Å²) in [5.41, 5.74) is 1.73. The second-order valence-electron chi connectivity index (χ2n) is 15.6. The van der Waals surface area contributed by atoms with Crippen LogP contribution in [-0.4, -0.2) is 98.0 Å². The summed E-state index contributed by atoms with van der Waals surface area (Å²) in [5.74, 6) is -0.396. The molecule has 3 N–H and O–H groups in total. The number of amides is 3. The highest BCUT2D eigenvalue weighted by Crippen LogP contribution is 2.40. The minimum absolute atomic E-state index is 0.0268. The van der Waals surface area contributed by atoms with Crippen LogP contribution in [-0.2, 0) is 11.8 Å². The molecular formula is C43H50F2N10O5S. The number of nitrogens with zero attached hydrogens (tertiary/aromatic N) is 8. The van der Waals surface area contributed by atoms with E-state index < -0.39 is 17.4 Å². The molecule has 0 radical (unpaired) electrons. The summed E-state index contributed by atoms with van der Waals surface area (Å²) in [5, 5.41) is 28.6. The van der Waals surface area contributed by atoms with Crippen molar-refractivity contribution in [3.63, 3.8) is 0 Å². The van der Waals surface area contributed by atoms with Crippen molar-refractivity contribution in [2.75, 3.05) is 49.5 Å². The minimum Gasteiger partial charge on any atom is -0.473 e. The SMILES string of the molecule is CCCN(C(=O)NC=O)c1nn(C)c2cc(C3CCC(N4CCC(O)(COc5cnc6ccc(Oc7c(F)ccc(NSN(C)CC)c7C#N)cc6n5)CC4)CC3)c(F)cc12. The van der Waals surface area contributed by atoms with Crippen molar-refractivity contribution in [2.45, 2.75) is 76.4 Å². The van der Waals surface area contributed by atoms with E-state index in [1.54, 1.807) is 29.9 Å². The number of aliphatic hydroxyl groups is 1. The molecule has 5 aromatic rings. The maximum atomic E-state index is 15.8. The molecule has 7 rings (SSSR count). The predicted octanol–water partition coefficient (Wildman–Crippen LogP) is 7.40. The van der Waals surface area contributed by atoms with E-state index in [-0.39, 0.29) is 41.3 Å². The number of halogens is 2. The number of nitriles is 1. The number of urea groups is 1. The lowest BCUT2D eigenvalue weighted by Gasteiger charge is -2.43. The van der Waals surface area contributed by atoms with Crippen LogP contribution >= 0.6 is 12.1 Å². The van der Waals surface area contributed by atoms with E-state index in [9.17, 15) is 24.3 Å². The minimum atomic E-state index is -1.06. The van der Waals surface area contributed by atoms with Gasteiger partial charge in [0, 0.05) is 62.9 Å². The molecule has 0 unspecified atom stereocenters. The van der Waals surface area contributed by atoms with E-state index in [0.29, 0.717) is 90.4 Å². The number of ether oxygens (including phenoxy) is 2. The Balaban J connectivity index is 0.937. The average molecular weight is 857 g/mol. The highest BCUT2D eigenvalue weighted by atomic mass is 32.2. The number of piperidine rings is 1. The molecule has 1 aliphatic carbocycles. The van der Waals surface area contributed by atoms with Crippen LogP contribution in [0.15, 0.2) is 48.7 Å². The number of nitrogens with one attached hydrogen (secondary N) is 2. The Kier molecular flexibility index (Phi) is 13.5. The van der Waals surface area contributed by atoms with Crippen molar-refractivity contribution in [1.29, 1.82) is 5.26 Å². The molecule has 61 heavy (non-hydrogen) atoms. The first-order chi connectivity index (χ1) is 29.4. The number of hydrogen-bond donors (Lipinski definition) is 3. The summed E-state index contributed by atoms with van der Waals surface area (Å²) in [4.78, 5) is 36.4. The number of fused-ring (bicyclic) bond motifs is 2. The van der Waals surface area contributed by atoms with Gasteiger partial charge in [-0.2, -0.15) is 10.4 Å². The van der Waals surface area contributed by atoms with Gasteiger partial charge in [-0.3, -0.25) is 19.7 Å². The van der Waals surface area contributed by atoms with Crippen LogP contribution in [0.3, 0.4) is 0 Å². The molecule has 3 amide bonds. The Hall–Kier alpha value is -5.61. The van der Waals surface area contributed by atoms with E-state index in [4.69, 9.17) is 9.47 Å². The van der Waals surface area contributed by atoms with Crippen molar-refractivity contribution >= 4 is 58.0 Å². The lowest BCUT2D eigenvalue weighted by atomic mass is 9.80.